The monoisotopic (exact) mass is 1050 g/mol. The van der Waals surface area contributed by atoms with E-state index in [1.807, 2.05) is 12.1 Å². The number of likely N-dealkylation sites (tertiary alicyclic amines) is 2. The predicted octanol–water partition coefficient (Wildman–Crippen LogP) is 13.3. The van der Waals surface area contributed by atoms with Crippen LogP contribution in [0, 0.1) is 29.5 Å². The number of phenolic OH excluding ortho intramolecular Hbond substituents is 1. The van der Waals surface area contributed by atoms with E-state index in [9.17, 15) is 43.9 Å². The number of nitrogens with zero attached hydrogens (tertiary/aromatic N) is 2. The van der Waals surface area contributed by atoms with Gasteiger partial charge in [0, 0.05) is 77.2 Å². The van der Waals surface area contributed by atoms with Crippen LogP contribution in [-0.2, 0) is 41.1 Å². The maximum Gasteiger partial charge on any atom is 0.416 e. The van der Waals surface area contributed by atoms with Gasteiger partial charge in [-0.15, -0.1) is 0 Å². The van der Waals surface area contributed by atoms with E-state index in [0.717, 1.165) is 102 Å². The molecule has 4 bridgehead atoms. The molecule has 6 atom stereocenters. The molecule has 4 aliphatic rings. The molecule has 2 saturated carbocycles. The van der Waals surface area contributed by atoms with Crippen molar-refractivity contribution in [3.63, 3.8) is 0 Å². The van der Waals surface area contributed by atoms with Gasteiger partial charge in [0.15, 0.2) is 48.2 Å². The van der Waals surface area contributed by atoms with Crippen molar-refractivity contribution >= 4 is 0 Å². The molecule has 2 aliphatic carbocycles. The number of benzene rings is 5. The Bertz CT molecular complexity index is 2360. The summed E-state index contributed by atoms with van der Waals surface area (Å²) in [5.74, 6) is 0.146. The van der Waals surface area contributed by atoms with E-state index in [-0.39, 0.29) is 37.3 Å². The van der Waals surface area contributed by atoms with Crippen LogP contribution in [0.1, 0.15) is 66.3 Å². The van der Waals surface area contributed by atoms with Crippen molar-refractivity contribution in [3.8, 4) is 28.7 Å². The Hall–Kier alpha value is -5.76. The average molecular weight is 1050 g/mol. The van der Waals surface area contributed by atoms with Crippen LogP contribution in [0.3, 0.4) is 0 Å². The van der Waals surface area contributed by atoms with Crippen LogP contribution in [0.4, 0.5) is 43.9 Å². The Balaban J connectivity index is 0.000000177. The molecule has 0 amide bonds. The van der Waals surface area contributed by atoms with Gasteiger partial charge in [-0.1, -0.05) is 73.5 Å². The molecule has 9 rings (SSSR count). The summed E-state index contributed by atoms with van der Waals surface area (Å²) >= 11 is 0. The van der Waals surface area contributed by atoms with E-state index in [0.29, 0.717) is 53.4 Å². The molecule has 402 valence electrons. The minimum absolute atomic E-state index is 0.0256. The van der Waals surface area contributed by atoms with Crippen molar-refractivity contribution in [2.75, 3.05) is 54.0 Å². The number of rotatable bonds is 14. The second-order valence-electron chi connectivity index (χ2n) is 19.0. The van der Waals surface area contributed by atoms with Crippen molar-refractivity contribution in [1.82, 2.24) is 9.80 Å². The summed E-state index contributed by atoms with van der Waals surface area (Å²) in [4.78, 5) is 4.94. The topological polar surface area (TPSA) is 82.1 Å². The first-order chi connectivity index (χ1) is 35.3. The summed E-state index contributed by atoms with van der Waals surface area (Å²) in [6.07, 6.45) is -6.93. The van der Waals surface area contributed by atoms with Gasteiger partial charge >= 0.3 is 18.5 Å². The number of ether oxygens (including phenoxy) is 6. The second-order valence-corrected chi connectivity index (χ2v) is 19.0. The first-order valence-electron chi connectivity index (χ1n) is 24.4. The first-order valence-corrected chi connectivity index (χ1v) is 24.4. The number of methoxy groups -OCH3 is 2. The zero-order valence-electron chi connectivity index (χ0n) is 40.9. The number of phenols is 1. The molecule has 4 fully saturated rings. The number of aromatic hydroxyl groups is 1. The minimum atomic E-state index is -4.55. The molecule has 1 N–H and O–H groups in total. The van der Waals surface area contributed by atoms with Crippen LogP contribution in [-0.4, -0.2) is 81.1 Å². The highest BCUT2D eigenvalue weighted by Gasteiger charge is 2.43. The molecule has 19 heteroatoms. The van der Waals surface area contributed by atoms with E-state index in [2.05, 4.69) is 58.3 Å². The molecule has 9 nitrogen and oxygen atoms in total. The van der Waals surface area contributed by atoms with E-state index < -0.39 is 46.8 Å². The molecular weight excluding hydrogens is 991 g/mol. The summed E-state index contributed by atoms with van der Waals surface area (Å²) in [5.41, 5.74) is -0.00933. The van der Waals surface area contributed by atoms with Gasteiger partial charge in [-0.25, -0.2) is 4.39 Å². The van der Waals surface area contributed by atoms with Gasteiger partial charge in [0.2, 0.25) is 0 Å². The van der Waals surface area contributed by atoms with Crippen LogP contribution in [0.15, 0.2) is 115 Å². The average Bonchev–Trinajstić information content (AvgIpc) is 3.34. The zero-order valence-corrected chi connectivity index (χ0v) is 40.9. The Morgan fingerprint density at radius 1 is 0.473 bits per heavy atom. The number of alkyl halides is 9. The predicted molar refractivity (Wildman–Crippen MR) is 255 cm³/mol. The molecule has 2 saturated heterocycles. The van der Waals surface area contributed by atoms with Crippen LogP contribution < -0.4 is 18.9 Å². The Morgan fingerprint density at radius 2 is 0.824 bits per heavy atom. The van der Waals surface area contributed by atoms with E-state index >= 15 is 0 Å². The van der Waals surface area contributed by atoms with Gasteiger partial charge in [-0.05, 0) is 91.4 Å². The molecule has 0 radical (unpaired) electrons. The van der Waals surface area contributed by atoms with Crippen molar-refractivity contribution in [2.24, 2.45) is 23.7 Å². The van der Waals surface area contributed by atoms with Crippen molar-refractivity contribution in [2.45, 2.75) is 82.4 Å². The first kappa shape index (κ1) is 56.0. The molecule has 5 aromatic carbocycles. The van der Waals surface area contributed by atoms with Crippen molar-refractivity contribution in [3.05, 3.63) is 149 Å². The summed E-state index contributed by atoms with van der Waals surface area (Å²) in [7, 11) is 2.86. The van der Waals surface area contributed by atoms with Gasteiger partial charge in [0.25, 0.3) is 0 Å². The third kappa shape index (κ3) is 15.4. The Labute approximate surface area is 423 Å². The third-order valence-corrected chi connectivity index (χ3v) is 13.6. The highest BCUT2D eigenvalue weighted by atomic mass is 19.4. The fraction of sp³-hybridized carbons (Fsp3) is 0.455. The fourth-order valence-electron chi connectivity index (χ4n) is 10.3. The van der Waals surface area contributed by atoms with E-state index in [4.69, 9.17) is 33.5 Å². The molecule has 5 aromatic rings. The molecule has 74 heavy (non-hydrogen) atoms. The molecule has 0 aromatic heterocycles. The van der Waals surface area contributed by atoms with Crippen molar-refractivity contribution < 1.29 is 77.4 Å². The Morgan fingerprint density at radius 3 is 1.16 bits per heavy atom. The lowest BCUT2D eigenvalue weighted by molar-refractivity contribution is -0.138. The lowest BCUT2D eigenvalue weighted by Gasteiger charge is -2.47. The number of piperidine rings is 2. The smallest absolute Gasteiger partial charge is 0.416 e. The second kappa shape index (κ2) is 25.2. The van der Waals surface area contributed by atoms with Crippen LogP contribution in [0.2, 0.25) is 0 Å². The van der Waals surface area contributed by atoms with Crippen LogP contribution >= 0.6 is 0 Å². The van der Waals surface area contributed by atoms with Gasteiger partial charge in [0.05, 0.1) is 16.7 Å². The maximum absolute atomic E-state index is 13.2. The van der Waals surface area contributed by atoms with Gasteiger partial charge in [-0.3, -0.25) is 9.80 Å². The lowest BCUT2D eigenvalue weighted by Crippen LogP contribution is -2.53. The number of hydrogen-bond donors (Lipinski definition) is 1. The molecule has 2 unspecified atom stereocenters. The lowest BCUT2D eigenvalue weighted by atomic mass is 9.75. The standard InChI is InChI=1S/2C24H28F3NO3.C7H4F4O/c2*1-29-16-30-22-12-20(24(25,26)27)10-11-21(22)31-23-18-8-5-9-19(23)15-28(14-18)13-17-6-3-2-4-7-17;8-5-2-1-4(3-6(5)12)7(9,10)11/h2*2-4,6-7,10-12,18-19,23H,5,8-9,13-16H2,1H3;1-3,12H/t2*18-,19+,23?;. The highest BCUT2D eigenvalue weighted by molar-refractivity contribution is 5.45. The largest absolute Gasteiger partial charge is 0.505 e. The van der Waals surface area contributed by atoms with Crippen LogP contribution in [0.5, 0.6) is 28.7 Å². The molecule has 2 heterocycles. The Kier molecular flexibility index (Phi) is 19.0. The summed E-state index contributed by atoms with van der Waals surface area (Å²) in [6, 6.07) is 29.1. The SMILES string of the molecule is COCOc1cc(C(F)(F)F)ccc1OC1[C@@H]2CCC[C@H]1CN(Cc1ccccc1)C2.COCOc1cc(C(F)(F)F)ccc1OC1[C@@H]2CCC[C@H]1CN(Cc1ccccc1)C2.Oc1cc(C(F)(F)F)ccc1F. The summed E-state index contributed by atoms with van der Waals surface area (Å²) < 4.78 is 160. The maximum atomic E-state index is 13.2. The number of halogens is 10. The number of fused-ring (bicyclic) bond motifs is 4. The molecule has 0 spiro atoms. The van der Waals surface area contributed by atoms with Crippen LogP contribution in [0.25, 0.3) is 0 Å². The fourth-order valence-corrected chi connectivity index (χ4v) is 10.3. The summed E-state index contributed by atoms with van der Waals surface area (Å²) in [6.45, 7) is 5.22. The van der Waals surface area contributed by atoms with Gasteiger partial charge in [-0.2, -0.15) is 39.5 Å². The van der Waals surface area contributed by atoms with Crippen molar-refractivity contribution in [1.29, 1.82) is 0 Å². The molecular formula is C55H60F10N2O7. The molecule has 2 aliphatic heterocycles. The number of hydrogen-bond acceptors (Lipinski definition) is 9. The van der Waals surface area contributed by atoms with Gasteiger partial charge in [0.1, 0.15) is 12.2 Å². The normalized spacial score (nSPS) is 22.1. The zero-order chi connectivity index (χ0) is 53.0. The third-order valence-electron chi connectivity index (χ3n) is 13.6. The quantitative estimate of drug-likeness (QED) is 0.0864. The van der Waals surface area contributed by atoms with E-state index in [1.54, 1.807) is 0 Å². The minimum Gasteiger partial charge on any atom is -0.505 e. The summed E-state index contributed by atoms with van der Waals surface area (Å²) in [5, 5.41) is 8.59. The van der Waals surface area contributed by atoms with Gasteiger partial charge < -0.3 is 33.5 Å². The highest BCUT2D eigenvalue weighted by Crippen LogP contribution is 2.44. The van der Waals surface area contributed by atoms with E-state index in [1.165, 1.54) is 37.5 Å².